The van der Waals surface area contributed by atoms with Crippen molar-refractivity contribution in [2.75, 3.05) is 11.1 Å². The summed E-state index contributed by atoms with van der Waals surface area (Å²) in [7, 11) is 0. The molecular formula is C17H19BrS. The van der Waals surface area contributed by atoms with Crippen LogP contribution in [0.25, 0.3) is 0 Å². The Labute approximate surface area is 128 Å². The largest absolute Gasteiger partial charge is 0.126 e. The van der Waals surface area contributed by atoms with Gasteiger partial charge in [0.25, 0.3) is 0 Å². The Kier molecular flexibility index (Phi) is 6.52. The first-order chi connectivity index (χ1) is 9.38. The molecular weight excluding hydrogens is 316 g/mol. The van der Waals surface area contributed by atoms with Gasteiger partial charge in [0.2, 0.25) is 0 Å². The van der Waals surface area contributed by atoms with Gasteiger partial charge in [-0.1, -0.05) is 64.5 Å². The van der Waals surface area contributed by atoms with Crippen molar-refractivity contribution >= 4 is 27.7 Å². The third-order valence-electron chi connectivity index (χ3n) is 3.12. The van der Waals surface area contributed by atoms with E-state index in [4.69, 9.17) is 0 Å². The monoisotopic (exact) mass is 334 g/mol. The molecule has 1 atom stereocenters. The number of benzene rings is 2. The lowest BCUT2D eigenvalue weighted by atomic mass is 9.99. The second-order valence-electron chi connectivity index (χ2n) is 4.66. The van der Waals surface area contributed by atoms with Crippen LogP contribution >= 0.6 is 27.7 Å². The summed E-state index contributed by atoms with van der Waals surface area (Å²) in [6.07, 6.45) is 2.42. The Balaban J connectivity index is 1.77. The first kappa shape index (κ1) is 14.7. The van der Waals surface area contributed by atoms with Crippen LogP contribution in [0.5, 0.6) is 0 Å². The highest BCUT2D eigenvalue weighted by Gasteiger charge is 2.08. The summed E-state index contributed by atoms with van der Waals surface area (Å²) in [5, 5.41) is 1.08. The van der Waals surface area contributed by atoms with Crippen molar-refractivity contribution in [2.24, 2.45) is 5.92 Å². The average molecular weight is 335 g/mol. The Bertz CT molecular complexity index is 455. The zero-order valence-corrected chi connectivity index (χ0v) is 13.4. The molecule has 0 aliphatic carbocycles. The predicted octanol–water partition coefficient (Wildman–Crippen LogP) is 5.42. The van der Waals surface area contributed by atoms with E-state index in [2.05, 4.69) is 76.6 Å². The molecule has 0 saturated carbocycles. The smallest absolute Gasteiger partial charge is 0.00719 e. The van der Waals surface area contributed by atoms with Gasteiger partial charge in [-0.25, -0.2) is 0 Å². The molecule has 19 heavy (non-hydrogen) atoms. The summed E-state index contributed by atoms with van der Waals surface area (Å²) in [4.78, 5) is 1.37. The first-order valence-electron chi connectivity index (χ1n) is 6.66. The van der Waals surface area contributed by atoms with Gasteiger partial charge in [-0.15, -0.1) is 11.8 Å². The van der Waals surface area contributed by atoms with Crippen molar-refractivity contribution in [3.05, 3.63) is 66.2 Å². The number of thioether (sulfide) groups is 1. The standard InChI is InChI=1S/C17H19BrS/c18-14-16(13-15-7-3-1-4-8-15)11-12-19-17-9-5-2-6-10-17/h1-10,16H,11-14H2. The van der Waals surface area contributed by atoms with Crippen LogP contribution in [0.3, 0.4) is 0 Å². The highest BCUT2D eigenvalue weighted by molar-refractivity contribution is 9.09. The second kappa shape index (κ2) is 8.44. The van der Waals surface area contributed by atoms with E-state index in [1.165, 1.54) is 29.1 Å². The van der Waals surface area contributed by atoms with Crippen molar-refractivity contribution in [1.82, 2.24) is 0 Å². The highest BCUT2D eigenvalue weighted by Crippen LogP contribution is 2.22. The molecule has 0 radical (unpaired) electrons. The Morgan fingerprint density at radius 2 is 1.53 bits per heavy atom. The van der Waals surface area contributed by atoms with E-state index in [1.54, 1.807) is 0 Å². The minimum atomic E-state index is 0.721. The zero-order valence-electron chi connectivity index (χ0n) is 11.0. The van der Waals surface area contributed by atoms with Gasteiger partial charge in [0.05, 0.1) is 0 Å². The number of hydrogen-bond donors (Lipinski definition) is 0. The molecule has 0 heterocycles. The van der Waals surface area contributed by atoms with Gasteiger partial charge in [0.1, 0.15) is 0 Å². The first-order valence-corrected chi connectivity index (χ1v) is 8.77. The maximum Gasteiger partial charge on any atom is 0.00719 e. The lowest BCUT2D eigenvalue weighted by molar-refractivity contribution is 0.579. The van der Waals surface area contributed by atoms with Crippen molar-refractivity contribution < 1.29 is 0 Å². The fraction of sp³-hybridized carbons (Fsp3) is 0.294. The molecule has 0 aliphatic rings. The number of halogens is 1. The van der Waals surface area contributed by atoms with Gasteiger partial charge in [-0.3, -0.25) is 0 Å². The van der Waals surface area contributed by atoms with E-state index < -0.39 is 0 Å². The van der Waals surface area contributed by atoms with Crippen molar-refractivity contribution in [2.45, 2.75) is 17.7 Å². The van der Waals surface area contributed by atoms with E-state index in [-0.39, 0.29) is 0 Å². The van der Waals surface area contributed by atoms with Gasteiger partial charge in [0, 0.05) is 10.2 Å². The quantitative estimate of drug-likeness (QED) is 0.481. The van der Waals surface area contributed by atoms with E-state index >= 15 is 0 Å². The molecule has 0 spiro atoms. The van der Waals surface area contributed by atoms with E-state index in [9.17, 15) is 0 Å². The molecule has 0 fully saturated rings. The number of alkyl halides is 1. The summed E-state index contributed by atoms with van der Waals surface area (Å²) in [6.45, 7) is 0. The molecule has 2 heteroatoms. The normalized spacial score (nSPS) is 12.3. The topological polar surface area (TPSA) is 0 Å². The van der Waals surface area contributed by atoms with Gasteiger partial charge in [-0.2, -0.15) is 0 Å². The van der Waals surface area contributed by atoms with Gasteiger partial charge >= 0.3 is 0 Å². The van der Waals surface area contributed by atoms with E-state index in [0.29, 0.717) is 0 Å². The van der Waals surface area contributed by atoms with Crippen LogP contribution in [0.2, 0.25) is 0 Å². The predicted molar refractivity (Wildman–Crippen MR) is 89.2 cm³/mol. The van der Waals surface area contributed by atoms with E-state index in [1.807, 2.05) is 11.8 Å². The van der Waals surface area contributed by atoms with Crippen LogP contribution in [0.15, 0.2) is 65.6 Å². The third kappa shape index (κ3) is 5.42. The van der Waals surface area contributed by atoms with Crippen LogP contribution in [0.1, 0.15) is 12.0 Å². The molecule has 0 aromatic heterocycles. The fourth-order valence-corrected chi connectivity index (χ4v) is 3.63. The SMILES string of the molecule is BrCC(CCSc1ccccc1)Cc1ccccc1. The van der Waals surface area contributed by atoms with Gasteiger partial charge in [0.15, 0.2) is 0 Å². The van der Waals surface area contributed by atoms with Crippen LogP contribution in [-0.4, -0.2) is 11.1 Å². The van der Waals surface area contributed by atoms with Crippen LogP contribution in [0.4, 0.5) is 0 Å². The maximum atomic E-state index is 3.65. The molecule has 2 aromatic carbocycles. The van der Waals surface area contributed by atoms with Crippen molar-refractivity contribution in [3.8, 4) is 0 Å². The molecule has 0 aliphatic heterocycles. The Morgan fingerprint density at radius 1 is 0.895 bits per heavy atom. The number of hydrogen-bond acceptors (Lipinski definition) is 1. The van der Waals surface area contributed by atoms with Crippen molar-refractivity contribution in [3.63, 3.8) is 0 Å². The van der Waals surface area contributed by atoms with Crippen LogP contribution in [0, 0.1) is 5.92 Å². The third-order valence-corrected chi connectivity index (χ3v) is 5.08. The maximum absolute atomic E-state index is 3.65. The zero-order chi connectivity index (χ0) is 13.3. The summed E-state index contributed by atoms with van der Waals surface area (Å²) in [5.74, 6) is 1.91. The van der Waals surface area contributed by atoms with Crippen LogP contribution < -0.4 is 0 Å². The minimum absolute atomic E-state index is 0.721. The lowest BCUT2D eigenvalue weighted by Gasteiger charge is -2.13. The highest BCUT2D eigenvalue weighted by atomic mass is 79.9. The van der Waals surface area contributed by atoms with Crippen LogP contribution in [-0.2, 0) is 6.42 Å². The molecule has 0 nitrogen and oxygen atoms in total. The average Bonchev–Trinajstić information content (AvgIpc) is 2.48. The lowest BCUT2D eigenvalue weighted by Crippen LogP contribution is -2.07. The number of rotatable bonds is 7. The van der Waals surface area contributed by atoms with E-state index in [0.717, 1.165) is 11.2 Å². The molecule has 0 N–H and O–H groups in total. The van der Waals surface area contributed by atoms with Crippen molar-refractivity contribution in [1.29, 1.82) is 0 Å². The molecule has 100 valence electrons. The van der Waals surface area contributed by atoms with Gasteiger partial charge < -0.3 is 0 Å². The summed E-state index contributed by atoms with van der Waals surface area (Å²) >= 11 is 5.60. The molecule has 2 aromatic rings. The minimum Gasteiger partial charge on any atom is -0.126 e. The molecule has 0 saturated heterocycles. The van der Waals surface area contributed by atoms with Gasteiger partial charge in [-0.05, 0) is 42.2 Å². The second-order valence-corrected chi connectivity index (χ2v) is 6.48. The summed E-state index contributed by atoms with van der Waals surface area (Å²) in [5.41, 5.74) is 1.44. The Hall–Kier alpha value is -0.730. The Morgan fingerprint density at radius 3 is 2.16 bits per heavy atom. The molecule has 2 rings (SSSR count). The molecule has 1 unspecified atom stereocenters. The molecule has 0 amide bonds. The fourth-order valence-electron chi connectivity index (χ4n) is 2.04. The molecule has 0 bridgehead atoms. The summed E-state index contributed by atoms with van der Waals surface area (Å²) in [6, 6.07) is 21.4. The summed E-state index contributed by atoms with van der Waals surface area (Å²) < 4.78 is 0.